The van der Waals surface area contributed by atoms with Crippen LogP contribution in [0.25, 0.3) is 0 Å². The number of carbonyl (C=O) groups excluding carboxylic acids is 1. The zero-order valence-corrected chi connectivity index (χ0v) is 14.9. The molecule has 3 unspecified atom stereocenters. The Bertz CT molecular complexity index is 393. The molecule has 1 aliphatic carbocycles. The minimum Gasteiger partial charge on any atom is -0.481 e. The van der Waals surface area contributed by atoms with E-state index < -0.39 is 17.7 Å². The smallest absolute Gasteiger partial charge is 0.407 e. The van der Waals surface area contributed by atoms with Crippen LogP contribution in [0.1, 0.15) is 66.2 Å². The van der Waals surface area contributed by atoms with Gasteiger partial charge in [0.1, 0.15) is 5.60 Å². The minimum atomic E-state index is -0.699. The van der Waals surface area contributed by atoms with Crippen molar-refractivity contribution in [3.8, 4) is 0 Å². The Hall–Kier alpha value is -1.30. The van der Waals surface area contributed by atoms with Crippen molar-refractivity contribution in [1.29, 1.82) is 0 Å². The summed E-state index contributed by atoms with van der Waals surface area (Å²) in [6.45, 7) is 8.10. The number of nitrogens with one attached hydrogen (secondary N) is 2. The maximum Gasteiger partial charge on any atom is 0.407 e. The number of hydrogen-bond donors (Lipinski definition) is 3. The van der Waals surface area contributed by atoms with Gasteiger partial charge < -0.3 is 20.5 Å². The summed E-state index contributed by atoms with van der Waals surface area (Å²) in [7, 11) is 0. The topological polar surface area (TPSA) is 87.7 Å². The van der Waals surface area contributed by atoms with Crippen LogP contribution in [0.3, 0.4) is 0 Å². The Morgan fingerprint density at radius 3 is 2.57 bits per heavy atom. The highest BCUT2D eigenvalue weighted by molar-refractivity contribution is 5.70. The summed E-state index contributed by atoms with van der Waals surface area (Å²) in [5.41, 5.74) is -0.504. The molecular weight excluding hydrogens is 296 g/mol. The second-order valence-corrected chi connectivity index (χ2v) is 7.43. The number of carbonyl (C=O) groups is 2. The highest BCUT2D eigenvalue weighted by Crippen LogP contribution is 2.25. The lowest BCUT2D eigenvalue weighted by Crippen LogP contribution is -2.48. The Labute approximate surface area is 139 Å². The molecule has 1 fully saturated rings. The van der Waals surface area contributed by atoms with Crippen LogP contribution in [-0.4, -0.2) is 41.4 Å². The van der Waals surface area contributed by atoms with E-state index in [1.54, 1.807) is 0 Å². The number of hydrogen-bond acceptors (Lipinski definition) is 4. The van der Waals surface area contributed by atoms with Crippen LogP contribution in [0.4, 0.5) is 4.79 Å². The predicted molar refractivity (Wildman–Crippen MR) is 89.5 cm³/mol. The summed E-state index contributed by atoms with van der Waals surface area (Å²) >= 11 is 0. The van der Waals surface area contributed by atoms with E-state index in [0.29, 0.717) is 13.0 Å². The van der Waals surface area contributed by atoms with E-state index in [-0.39, 0.29) is 18.0 Å². The van der Waals surface area contributed by atoms with Gasteiger partial charge in [0, 0.05) is 18.6 Å². The van der Waals surface area contributed by atoms with Gasteiger partial charge in [-0.25, -0.2) is 4.79 Å². The fraction of sp³-hybridized carbons (Fsp3) is 0.882. The zero-order chi connectivity index (χ0) is 17.5. The number of amides is 1. The van der Waals surface area contributed by atoms with Gasteiger partial charge in [-0.3, -0.25) is 4.79 Å². The van der Waals surface area contributed by atoms with E-state index in [9.17, 15) is 14.7 Å². The van der Waals surface area contributed by atoms with Gasteiger partial charge in [-0.05, 0) is 46.5 Å². The average Bonchev–Trinajstić information content (AvgIpc) is 2.43. The molecular formula is C17H32N2O4. The molecule has 1 aliphatic rings. The van der Waals surface area contributed by atoms with E-state index in [2.05, 4.69) is 17.6 Å². The second-order valence-electron chi connectivity index (χ2n) is 7.43. The molecule has 1 amide bonds. The van der Waals surface area contributed by atoms with Crippen LogP contribution in [-0.2, 0) is 9.53 Å². The Morgan fingerprint density at radius 1 is 1.30 bits per heavy atom. The fourth-order valence-corrected chi connectivity index (χ4v) is 3.01. The normalized spacial score (nSPS) is 23.1. The molecule has 1 saturated carbocycles. The van der Waals surface area contributed by atoms with Crippen molar-refractivity contribution >= 4 is 12.1 Å². The lowest BCUT2D eigenvalue weighted by Gasteiger charge is -2.31. The van der Waals surface area contributed by atoms with Crippen molar-refractivity contribution in [3.05, 3.63) is 0 Å². The summed E-state index contributed by atoms with van der Waals surface area (Å²) in [6, 6.07) is 0.354. The monoisotopic (exact) mass is 328 g/mol. The van der Waals surface area contributed by atoms with Crippen molar-refractivity contribution in [2.75, 3.05) is 6.54 Å². The van der Waals surface area contributed by atoms with Gasteiger partial charge in [0.05, 0.1) is 5.92 Å². The van der Waals surface area contributed by atoms with Gasteiger partial charge >= 0.3 is 12.1 Å². The van der Waals surface area contributed by atoms with Crippen LogP contribution in [0.5, 0.6) is 0 Å². The van der Waals surface area contributed by atoms with E-state index in [0.717, 1.165) is 32.1 Å². The molecule has 0 heterocycles. The van der Waals surface area contributed by atoms with Gasteiger partial charge in [-0.15, -0.1) is 0 Å². The number of aliphatic carboxylic acids is 1. The maximum atomic E-state index is 11.8. The molecule has 1 rings (SSSR count). The summed E-state index contributed by atoms with van der Waals surface area (Å²) in [5.74, 6) is -0.947. The van der Waals surface area contributed by atoms with Crippen LogP contribution in [0.15, 0.2) is 0 Å². The molecule has 0 aromatic heterocycles. The number of alkyl carbamates (subject to hydrolysis) is 1. The first kappa shape index (κ1) is 19.7. The third kappa shape index (κ3) is 8.21. The summed E-state index contributed by atoms with van der Waals surface area (Å²) in [5, 5.41) is 15.5. The van der Waals surface area contributed by atoms with E-state index >= 15 is 0 Å². The third-order valence-corrected chi connectivity index (χ3v) is 4.02. The fourth-order valence-electron chi connectivity index (χ4n) is 3.01. The molecule has 0 spiro atoms. The van der Waals surface area contributed by atoms with Crippen molar-refractivity contribution in [2.45, 2.75) is 83.9 Å². The standard InChI is InChI=1S/C17H32N2O4/c1-5-7-14(11-18-16(22)23-17(2,3)4)19-13-9-6-8-12(10-13)15(20)21/h12-14,19H,5-11H2,1-4H3,(H,18,22)(H,20,21). The van der Waals surface area contributed by atoms with Crippen LogP contribution in [0, 0.1) is 5.92 Å². The van der Waals surface area contributed by atoms with Crippen LogP contribution in [0.2, 0.25) is 0 Å². The van der Waals surface area contributed by atoms with Crippen molar-refractivity contribution in [1.82, 2.24) is 10.6 Å². The molecule has 6 nitrogen and oxygen atoms in total. The Morgan fingerprint density at radius 2 is 2.00 bits per heavy atom. The summed E-state index contributed by atoms with van der Waals surface area (Å²) < 4.78 is 5.25. The van der Waals surface area contributed by atoms with Crippen molar-refractivity contribution < 1.29 is 19.4 Å². The largest absolute Gasteiger partial charge is 0.481 e. The van der Waals surface area contributed by atoms with Gasteiger partial charge in [0.2, 0.25) is 0 Å². The van der Waals surface area contributed by atoms with E-state index in [1.165, 1.54) is 0 Å². The quantitative estimate of drug-likeness (QED) is 0.669. The highest BCUT2D eigenvalue weighted by Gasteiger charge is 2.28. The maximum absolute atomic E-state index is 11.8. The number of rotatable bonds is 7. The Balaban J connectivity index is 2.45. The molecule has 3 N–H and O–H groups in total. The summed E-state index contributed by atoms with van der Waals surface area (Å²) in [4.78, 5) is 22.9. The first-order valence-corrected chi connectivity index (χ1v) is 8.67. The molecule has 0 aliphatic heterocycles. The highest BCUT2D eigenvalue weighted by atomic mass is 16.6. The van der Waals surface area contributed by atoms with Crippen molar-refractivity contribution in [2.24, 2.45) is 5.92 Å². The van der Waals surface area contributed by atoms with Gasteiger partial charge in [-0.1, -0.05) is 19.8 Å². The second kappa shape index (κ2) is 9.11. The van der Waals surface area contributed by atoms with Crippen molar-refractivity contribution in [3.63, 3.8) is 0 Å². The molecule has 0 bridgehead atoms. The molecule has 0 radical (unpaired) electrons. The lowest BCUT2D eigenvalue weighted by molar-refractivity contribution is -0.143. The molecule has 0 aromatic rings. The summed E-state index contributed by atoms with van der Waals surface area (Å²) in [6.07, 6.45) is 4.90. The molecule has 0 saturated heterocycles. The minimum absolute atomic E-state index is 0.144. The van der Waals surface area contributed by atoms with Gasteiger partial charge in [-0.2, -0.15) is 0 Å². The molecule has 23 heavy (non-hydrogen) atoms. The molecule has 134 valence electrons. The van der Waals surface area contributed by atoms with Crippen LogP contribution < -0.4 is 10.6 Å². The first-order chi connectivity index (χ1) is 10.7. The Kier molecular flexibility index (Phi) is 7.82. The third-order valence-electron chi connectivity index (χ3n) is 4.02. The molecule has 3 atom stereocenters. The number of carboxylic acid groups (broad SMARTS) is 1. The predicted octanol–water partition coefficient (Wildman–Crippen LogP) is 2.91. The SMILES string of the molecule is CCCC(CNC(=O)OC(C)(C)C)NC1CCCC(C(=O)O)C1. The lowest BCUT2D eigenvalue weighted by atomic mass is 9.85. The number of carboxylic acids is 1. The zero-order valence-electron chi connectivity index (χ0n) is 14.9. The molecule has 6 heteroatoms. The van der Waals surface area contributed by atoms with E-state index in [1.807, 2.05) is 20.8 Å². The van der Waals surface area contributed by atoms with Gasteiger partial charge in [0.25, 0.3) is 0 Å². The first-order valence-electron chi connectivity index (χ1n) is 8.67. The molecule has 0 aromatic carbocycles. The number of ether oxygens (including phenoxy) is 1. The van der Waals surface area contributed by atoms with E-state index in [4.69, 9.17) is 4.74 Å². The van der Waals surface area contributed by atoms with Crippen LogP contribution >= 0.6 is 0 Å². The average molecular weight is 328 g/mol. The van der Waals surface area contributed by atoms with Gasteiger partial charge in [0.15, 0.2) is 0 Å².